The number of nitrogens with zero attached hydrogens (tertiary/aromatic N) is 3. The van der Waals surface area contributed by atoms with Gasteiger partial charge < -0.3 is 4.42 Å². The van der Waals surface area contributed by atoms with Crippen molar-refractivity contribution in [2.24, 2.45) is 0 Å². The number of carbonyl (C=O) groups is 1. The van der Waals surface area contributed by atoms with Crippen molar-refractivity contribution < 1.29 is 21.5 Å². The first-order chi connectivity index (χ1) is 10.3. The zero-order chi connectivity index (χ0) is 15.9. The summed E-state index contributed by atoms with van der Waals surface area (Å²) in [7, 11) is -4.79. The Morgan fingerprint density at radius 1 is 1.27 bits per heavy atom. The maximum Gasteiger partial charge on any atom is 0.325 e. The zero-order valence-corrected chi connectivity index (χ0v) is 12.5. The van der Waals surface area contributed by atoms with E-state index in [-0.39, 0.29) is 18.5 Å². The first-order valence-electron chi connectivity index (χ1n) is 6.18. The van der Waals surface area contributed by atoms with Crippen LogP contribution in [0.2, 0.25) is 5.02 Å². The molecule has 1 aliphatic heterocycles. The summed E-state index contributed by atoms with van der Waals surface area (Å²) in [5.74, 6) is -0.441. The lowest BCUT2D eigenvalue weighted by atomic mass is 10.2. The topological polar surface area (TPSA) is 93.4 Å². The smallest absolute Gasteiger partial charge is 0.325 e. The van der Waals surface area contributed by atoms with Crippen molar-refractivity contribution in [3.63, 3.8) is 0 Å². The molecule has 116 valence electrons. The molecule has 1 aromatic heterocycles. The number of hydrogen-bond acceptors (Lipinski definition) is 6. The number of amides is 1. The molecule has 10 heteroatoms. The van der Waals surface area contributed by atoms with Gasteiger partial charge in [0.15, 0.2) is 0 Å². The minimum atomic E-state index is -4.79. The Balaban J connectivity index is 1.85. The highest BCUT2D eigenvalue weighted by Crippen LogP contribution is 2.28. The predicted molar refractivity (Wildman–Crippen MR) is 75.5 cm³/mol. The number of halogens is 2. The van der Waals surface area contributed by atoms with E-state index >= 15 is 0 Å². The first-order valence-corrected chi connectivity index (χ1v) is 8.00. The fourth-order valence-electron chi connectivity index (χ4n) is 2.08. The maximum atomic E-state index is 13.0. The van der Waals surface area contributed by atoms with Gasteiger partial charge in [0.25, 0.3) is 0 Å². The number of hydrogen-bond donors (Lipinski definition) is 0. The van der Waals surface area contributed by atoms with E-state index in [1.807, 2.05) is 0 Å². The molecule has 1 atom stereocenters. The van der Waals surface area contributed by atoms with E-state index in [0.717, 1.165) is 4.90 Å². The average Bonchev–Trinajstić information content (AvgIpc) is 3.05. The molecule has 7 nitrogen and oxygen atoms in total. The molecule has 1 saturated heterocycles. The molecular weight excluding hydrogens is 337 g/mol. The number of benzene rings is 1. The highest BCUT2D eigenvalue weighted by atomic mass is 35.5. The monoisotopic (exact) mass is 345 g/mol. The van der Waals surface area contributed by atoms with Crippen molar-refractivity contribution in [3.8, 4) is 11.5 Å². The van der Waals surface area contributed by atoms with E-state index in [2.05, 4.69) is 10.2 Å². The Bertz CT molecular complexity index is 821. The minimum absolute atomic E-state index is 0.144. The molecule has 3 rings (SSSR count). The van der Waals surface area contributed by atoms with Crippen LogP contribution in [0.25, 0.3) is 11.5 Å². The normalized spacial score (nSPS) is 18.9. The largest absolute Gasteiger partial charge is 0.403 e. The molecule has 0 radical (unpaired) electrons. The summed E-state index contributed by atoms with van der Waals surface area (Å²) >= 11 is 5.77. The molecule has 0 saturated carbocycles. The summed E-state index contributed by atoms with van der Waals surface area (Å²) in [5.41, 5.74) is 0.587. The molecule has 2 aromatic rings. The van der Waals surface area contributed by atoms with Crippen LogP contribution in [0.4, 0.5) is 9.90 Å². The van der Waals surface area contributed by atoms with Crippen LogP contribution in [0.15, 0.2) is 28.7 Å². The van der Waals surface area contributed by atoms with Crippen LogP contribution in [-0.4, -0.2) is 36.3 Å². The molecule has 1 aliphatic rings. The van der Waals surface area contributed by atoms with Gasteiger partial charge in [-0.15, -0.1) is 8.98 Å². The van der Waals surface area contributed by atoms with Crippen LogP contribution >= 0.6 is 11.6 Å². The van der Waals surface area contributed by atoms with Gasteiger partial charge in [-0.25, -0.2) is 0 Å². The predicted octanol–water partition coefficient (Wildman–Crippen LogP) is 1.79. The molecule has 22 heavy (non-hydrogen) atoms. The van der Waals surface area contributed by atoms with Crippen LogP contribution < -0.4 is 4.90 Å². The number of anilines is 1. The van der Waals surface area contributed by atoms with Gasteiger partial charge in [0.1, 0.15) is 5.25 Å². The Morgan fingerprint density at radius 3 is 2.55 bits per heavy atom. The van der Waals surface area contributed by atoms with Gasteiger partial charge in [-0.2, -0.15) is 8.42 Å². The second-order valence-corrected chi connectivity index (χ2v) is 6.76. The summed E-state index contributed by atoms with van der Waals surface area (Å²) in [6.45, 7) is -0.347. The van der Waals surface area contributed by atoms with Gasteiger partial charge >= 0.3 is 16.2 Å². The SMILES string of the molecule is O=C1CC(S(=O)(=O)F)CN1c1nnc(-c2ccc(Cl)cc2)o1. The van der Waals surface area contributed by atoms with Gasteiger partial charge in [-0.05, 0) is 24.3 Å². The van der Waals surface area contributed by atoms with Gasteiger partial charge in [-0.1, -0.05) is 16.7 Å². The maximum absolute atomic E-state index is 13.0. The Labute approximate surface area is 129 Å². The molecule has 0 N–H and O–H groups in total. The summed E-state index contributed by atoms with van der Waals surface area (Å²) in [6, 6.07) is 6.41. The quantitative estimate of drug-likeness (QED) is 0.787. The molecule has 2 heterocycles. The van der Waals surface area contributed by atoms with E-state index in [0.29, 0.717) is 10.6 Å². The van der Waals surface area contributed by atoms with Crippen molar-refractivity contribution in [1.82, 2.24) is 10.2 Å². The van der Waals surface area contributed by atoms with Crippen LogP contribution in [0, 0.1) is 0 Å². The summed E-state index contributed by atoms with van der Waals surface area (Å²) in [5, 5.41) is 6.61. The van der Waals surface area contributed by atoms with Crippen LogP contribution in [0.1, 0.15) is 6.42 Å². The van der Waals surface area contributed by atoms with Crippen LogP contribution in [0.5, 0.6) is 0 Å². The highest BCUT2D eigenvalue weighted by molar-refractivity contribution is 7.87. The third-order valence-corrected chi connectivity index (χ3v) is 4.59. The number of carbonyl (C=O) groups excluding carboxylic acids is 1. The van der Waals surface area contributed by atoms with Crippen molar-refractivity contribution in [1.29, 1.82) is 0 Å². The van der Waals surface area contributed by atoms with Crippen molar-refractivity contribution in [2.75, 3.05) is 11.4 Å². The van der Waals surface area contributed by atoms with Crippen molar-refractivity contribution >= 4 is 33.7 Å². The molecular formula is C12H9ClFN3O4S. The standard InChI is InChI=1S/C12H9ClFN3O4S/c13-8-3-1-7(2-4-8)11-15-16-12(21-11)17-6-9(5-10(17)18)22(14,19)20/h1-4,9H,5-6H2. The second kappa shape index (κ2) is 5.33. The lowest BCUT2D eigenvalue weighted by Gasteiger charge is -2.09. The summed E-state index contributed by atoms with van der Waals surface area (Å²) in [4.78, 5) is 12.7. The number of rotatable bonds is 3. The fourth-order valence-corrected chi connectivity index (χ4v) is 2.88. The summed E-state index contributed by atoms with van der Waals surface area (Å²) < 4.78 is 40.1. The Hall–Kier alpha value is -2.00. The van der Waals surface area contributed by atoms with Crippen molar-refractivity contribution in [2.45, 2.75) is 11.7 Å². The van der Waals surface area contributed by atoms with E-state index in [1.165, 1.54) is 0 Å². The number of aromatic nitrogens is 2. The second-order valence-electron chi connectivity index (χ2n) is 4.70. The highest BCUT2D eigenvalue weighted by Gasteiger charge is 2.41. The van der Waals surface area contributed by atoms with E-state index < -0.39 is 27.8 Å². The molecule has 0 spiro atoms. The third kappa shape index (κ3) is 2.81. The lowest BCUT2D eigenvalue weighted by molar-refractivity contribution is -0.117. The molecule has 1 aromatic carbocycles. The summed E-state index contributed by atoms with van der Waals surface area (Å²) in [6.07, 6.45) is -0.447. The molecule has 1 amide bonds. The molecule has 0 aliphatic carbocycles. The third-order valence-electron chi connectivity index (χ3n) is 3.22. The van der Waals surface area contributed by atoms with Crippen LogP contribution in [-0.2, 0) is 15.0 Å². The zero-order valence-electron chi connectivity index (χ0n) is 10.9. The first kappa shape index (κ1) is 14.9. The lowest BCUT2D eigenvalue weighted by Crippen LogP contribution is -2.27. The van der Waals surface area contributed by atoms with Gasteiger partial charge in [0.05, 0.1) is 6.54 Å². The molecule has 1 fully saturated rings. The van der Waals surface area contributed by atoms with Gasteiger partial charge in [-0.3, -0.25) is 9.69 Å². The average molecular weight is 346 g/mol. The fraction of sp³-hybridized carbons (Fsp3) is 0.250. The molecule has 1 unspecified atom stereocenters. The van der Waals surface area contributed by atoms with E-state index in [1.54, 1.807) is 24.3 Å². The van der Waals surface area contributed by atoms with Gasteiger partial charge in [0.2, 0.25) is 11.8 Å². The van der Waals surface area contributed by atoms with Gasteiger partial charge in [0, 0.05) is 17.0 Å². The van der Waals surface area contributed by atoms with Crippen molar-refractivity contribution in [3.05, 3.63) is 29.3 Å². The molecule has 0 bridgehead atoms. The Kier molecular flexibility index (Phi) is 3.61. The van der Waals surface area contributed by atoms with E-state index in [4.69, 9.17) is 16.0 Å². The van der Waals surface area contributed by atoms with E-state index in [9.17, 15) is 17.1 Å². The minimum Gasteiger partial charge on any atom is -0.403 e. The van der Waals surface area contributed by atoms with Crippen LogP contribution in [0.3, 0.4) is 0 Å². The Morgan fingerprint density at radius 2 is 1.95 bits per heavy atom.